The first-order valence-electron chi connectivity index (χ1n) is 17.5. The number of imidazole rings is 1. The molecule has 4 aromatic carbocycles. The molecule has 16 nitrogen and oxygen atoms in total. The minimum absolute atomic E-state index is 0.00796. The molecule has 18 heteroatoms. The third-order valence-corrected chi connectivity index (χ3v) is 11.1. The molecular weight excluding hydrogens is 748 g/mol. The number of nitrogens with one attached hydrogen (secondary N) is 3. The molecule has 2 fully saturated rings. The summed E-state index contributed by atoms with van der Waals surface area (Å²) in [6, 6.07) is 19.5. The smallest absolute Gasteiger partial charge is 0.329 e. The molecule has 6 aromatic rings. The Morgan fingerprint density at radius 1 is 0.982 bits per heavy atom. The second-order valence-electron chi connectivity index (χ2n) is 13.5. The highest BCUT2D eigenvalue weighted by molar-refractivity contribution is 7.92. The van der Waals surface area contributed by atoms with Crippen LogP contribution in [0.15, 0.2) is 90.0 Å². The molecule has 0 saturated carbocycles. The number of carbonyl (C=O) groups is 4. The van der Waals surface area contributed by atoms with E-state index in [0.29, 0.717) is 26.4 Å². The fourth-order valence-corrected chi connectivity index (χ4v) is 8.14. The molecule has 3 N–H and O–H groups in total. The van der Waals surface area contributed by atoms with Crippen molar-refractivity contribution in [3.8, 4) is 16.9 Å². The molecule has 0 bridgehead atoms. The van der Waals surface area contributed by atoms with Crippen molar-refractivity contribution in [2.45, 2.75) is 38.5 Å². The Kier molecular flexibility index (Phi) is 9.11. The number of benzene rings is 4. The highest BCUT2D eigenvalue weighted by Gasteiger charge is 2.38. The quantitative estimate of drug-likeness (QED) is 0.175. The van der Waals surface area contributed by atoms with Gasteiger partial charge < -0.3 is 10.1 Å². The van der Waals surface area contributed by atoms with Gasteiger partial charge in [-0.1, -0.05) is 36.4 Å². The van der Waals surface area contributed by atoms with Gasteiger partial charge in [0.2, 0.25) is 17.7 Å². The molecule has 0 spiro atoms. The lowest BCUT2D eigenvalue weighted by molar-refractivity contribution is -0.135. The fourth-order valence-electron chi connectivity index (χ4n) is 6.98. The first kappa shape index (κ1) is 36.2. The lowest BCUT2D eigenvalue weighted by Gasteiger charge is -2.21. The number of hydrogen-bond acceptors (Lipinski definition) is 9. The molecule has 1 atom stereocenters. The minimum atomic E-state index is -4.36. The van der Waals surface area contributed by atoms with E-state index < -0.39 is 46.1 Å². The van der Waals surface area contributed by atoms with E-state index in [4.69, 9.17) is 4.74 Å². The fraction of sp³-hybridized carbons (Fsp3) is 0.211. The number of fused-ring (bicyclic) bond motifs is 2. The molecular formula is C38H33FN8O8S. The number of carbonyl (C=O) groups excluding carboxylic acids is 4. The van der Waals surface area contributed by atoms with Gasteiger partial charge in [0.05, 0.1) is 17.2 Å². The van der Waals surface area contributed by atoms with E-state index in [1.54, 1.807) is 60.5 Å². The standard InChI is InChI=1S/C38H33FN8O8S/c1-44-30-16-23(7-10-28(30)47(38(44)52)29-11-12-32(48)42-37(29)51)25-18-40-45(19-25)14-13-33(49)41-26-8-9-27-24(15-26)17-31(55-21-22-5-3-2-4-6-22)36(35(27)39)46-20-34(50)43-56(46,53)54/h2-10,15-19,29H,11-14,20-21H2,1H3,(H,41,49)(H,43,50)(H,42,48,51). The van der Waals surface area contributed by atoms with Gasteiger partial charge in [0, 0.05) is 49.3 Å². The number of nitrogens with zero attached hydrogens (tertiary/aromatic N) is 5. The van der Waals surface area contributed by atoms with Crippen molar-refractivity contribution in [3.63, 3.8) is 0 Å². The van der Waals surface area contributed by atoms with Gasteiger partial charge in [-0.2, -0.15) is 13.5 Å². The van der Waals surface area contributed by atoms with Gasteiger partial charge in [-0.25, -0.2) is 18.2 Å². The summed E-state index contributed by atoms with van der Waals surface area (Å²) >= 11 is 0. The zero-order valence-electron chi connectivity index (χ0n) is 29.7. The Labute approximate surface area is 317 Å². The van der Waals surface area contributed by atoms with Gasteiger partial charge >= 0.3 is 15.9 Å². The van der Waals surface area contributed by atoms with Crippen molar-refractivity contribution in [2.24, 2.45) is 7.05 Å². The van der Waals surface area contributed by atoms with E-state index in [9.17, 15) is 32.4 Å². The zero-order valence-corrected chi connectivity index (χ0v) is 30.5. The molecule has 1 unspecified atom stereocenters. The SMILES string of the molecule is Cn1c(=O)n(C2CCC(=O)NC2=O)c2ccc(-c3cnn(CCC(=O)Nc4ccc5c(F)c(N6CC(=O)NS6(=O)=O)c(OCc6ccccc6)cc5c4)c3)cc21. The maximum atomic E-state index is 16.2. The third kappa shape index (κ3) is 6.74. The Morgan fingerprint density at radius 3 is 2.54 bits per heavy atom. The number of anilines is 2. The minimum Gasteiger partial charge on any atom is -0.487 e. The highest BCUT2D eigenvalue weighted by atomic mass is 32.2. The van der Waals surface area contributed by atoms with Crippen LogP contribution in [0.3, 0.4) is 0 Å². The van der Waals surface area contributed by atoms with Crippen LogP contribution in [0.25, 0.3) is 32.9 Å². The van der Waals surface area contributed by atoms with Gasteiger partial charge in [-0.15, -0.1) is 0 Å². The van der Waals surface area contributed by atoms with Crippen molar-refractivity contribution in [1.82, 2.24) is 29.0 Å². The summed E-state index contributed by atoms with van der Waals surface area (Å²) in [5, 5.41) is 9.88. The first-order valence-corrected chi connectivity index (χ1v) is 18.9. The number of amides is 4. The number of hydrogen-bond donors (Lipinski definition) is 3. The van der Waals surface area contributed by atoms with Gasteiger partial charge in [-0.3, -0.25) is 38.3 Å². The Bertz CT molecular complexity index is 2780. The van der Waals surface area contributed by atoms with E-state index in [1.807, 2.05) is 22.9 Å². The van der Waals surface area contributed by atoms with E-state index in [2.05, 4.69) is 15.7 Å². The van der Waals surface area contributed by atoms with Crippen LogP contribution >= 0.6 is 0 Å². The zero-order chi connectivity index (χ0) is 39.3. The summed E-state index contributed by atoms with van der Waals surface area (Å²) in [4.78, 5) is 62.5. The number of piperidine rings is 1. The van der Waals surface area contributed by atoms with Gasteiger partial charge in [0.15, 0.2) is 5.82 Å². The van der Waals surface area contributed by atoms with E-state index in [-0.39, 0.29) is 61.1 Å². The number of aromatic nitrogens is 4. The predicted molar refractivity (Wildman–Crippen MR) is 202 cm³/mol. The summed E-state index contributed by atoms with van der Waals surface area (Å²) in [6.07, 6.45) is 3.81. The molecule has 0 radical (unpaired) electrons. The summed E-state index contributed by atoms with van der Waals surface area (Å²) < 4.78 is 54.5. The Balaban J connectivity index is 0.979. The maximum Gasteiger partial charge on any atom is 0.329 e. The van der Waals surface area contributed by atoms with Crippen LogP contribution in [0.2, 0.25) is 0 Å². The second kappa shape index (κ2) is 14.1. The van der Waals surface area contributed by atoms with Gasteiger partial charge in [-0.05, 0) is 59.3 Å². The lowest BCUT2D eigenvalue weighted by Crippen LogP contribution is -2.44. The van der Waals surface area contributed by atoms with E-state index >= 15 is 4.39 Å². The molecule has 2 saturated heterocycles. The third-order valence-electron chi connectivity index (χ3n) is 9.75. The van der Waals surface area contributed by atoms with Gasteiger partial charge in [0.25, 0.3) is 5.91 Å². The van der Waals surface area contributed by atoms with Crippen molar-refractivity contribution < 1.29 is 36.7 Å². The van der Waals surface area contributed by atoms with Crippen molar-refractivity contribution >= 4 is 67.0 Å². The molecule has 56 heavy (non-hydrogen) atoms. The number of imide groups is 1. The van der Waals surface area contributed by atoms with E-state index in [0.717, 1.165) is 16.7 Å². The van der Waals surface area contributed by atoms with Crippen molar-refractivity contribution in [3.05, 3.63) is 107 Å². The molecule has 2 aromatic heterocycles. The predicted octanol–water partition coefficient (Wildman–Crippen LogP) is 3.26. The Morgan fingerprint density at radius 2 is 1.79 bits per heavy atom. The normalized spacial score (nSPS) is 16.6. The largest absolute Gasteiger partial charge is 0.487 e. The average Bonchev–Trinajstić information content (AvgIpc) is 3.83. The summed E-state index contributed by atoms with van der Waals surface area (Å²) in [6.45, 7) is -0.403. The van der Waals surface area contributed by atoms with Crippen molar-refractivity contribution in [2.75, 3.05) is 16.2 Å². The monoisotopic (exact) mass is 780 g/mol. The Hall–Kier alpha value is -6.82. The topological polar surface area (TPSA) is 196 Å². The van der Waals surface area contributed by atoms with Crippen LogP contribution in [0.5, 0.6) is 5.75 Å². The first-order chi connectivity index (χ1) is 26.9. The maximum absolute atomic E-state index is 16.2. The molecule has 4 amide bonds. The lowest BCUT2D eigenvalue weighted by atomic mass is 10.1. The molecule has 4 heterocycles. The number of halogens is 1. The molecule has 0 aliphatic carbocycles. The summed E-state index contributed by atoms with van der Waals surface area (Å²) in [7, 11) is -2.74. The summed E-state index contributed by atoms with van der Waals surface area (Å²) in [5.74, 6) is -3.05. The van der Waals surface area contributed by atoms with Crippen LogP contribution in [0, 0.1) is 5.82 Å². The highest BCUT2D eigenvalue weighted by Crippen LogP contribution is 2.40. The molecule has 2 aliphatic heterocycles. The average molecular weight is 781 g/mol. The second-order valence-corrected chi connectivity index (χ2v) is 15.1. The van der Waals surface area contributed by atoms with Crippen LogP contribution < -0.4 is 30.1 Å². The number of rotatable bonds is 10. The molecule has 2 aliphatic rings. The van der Waals surface area contributed by atoms with Crippen LogP contribution in [0.1, 0.15) is 30.9 Å². The van der Waals surface area contributed by atoms with Gasteiger partial charge in [0.1, 0.15) is 30.6 Å². The number of aryl methyl sites for hydroxylation is 2. The summed E-state index contributed by atoms with van der Waals surface area (Å²) in [5.41, 5.74) is 2.97. The van der Waals surface area contributed by atoms with Crippen molar-refractivity contribution in [1.29, 1.82) is 0 Å². The number of ether oxygens (including phenoxy) is 1. The molecule has 286 valence electrons. The van der Waals surface area contributed by atoms with Crippen LogP contribution in [-0.2, 0) is 49.6 Å². The van der Waals surface area contributed by atoms with E-state index in [1.165, 1.54) is 27.3 Å². The van der Waals surface area contributed by atoms with Crippen LogP contribution in [0.4, 0.5) is 15.8 Å². The van der Waals surface area contributed by atoms with Crippen LogP contribution in [-0.4, -0.2) is 57.5 Å². The molecule has 8 rings (SSSR count).